The lowest BCUT2D eigenvalue weighted by Gasteiger charge is -2.23. The molecule has 0 bridgehead atoms. The topological polar surface area (TPSA) is 0 Å². The van der Waals surface area contributed by atoms with Crippen molar-refractivity contribution in [1.29, 1.82) is 0 Å². The van der Waals surface area contributed by atoms with Crippen LogP contribution < -0.4 is 10.4 Å². The average molecular weight is 589 g/mol. The fourth-order valence-electron chi connectivity index (χ4n) is 7.90. The molecule has 0 spiro atoms. The number of hydrogen-bond acceptors (Lipinski definition) is 0. The minimum Gasteiger partial charge on any atom is -0.0623 e. The molecule has 0 atom stereocenters. The van der Waals surface area contributed by atoms with E-state index in [1.807, 2.05) is 0 Å². The molecular formula is C44H32Si. The molecule has 1 aliphatic rings. The zero-order valence-electron chi connectivity index (χ0n) is 25.5. The van der Waals surface area contributed by atoms with E-state index in [9.17, 15) is 0 Å². The Hall–Kier alpha value is -5.24. The molecule has 0 saturated carbocycles. The smallest absolute Gasteiger partial charge is 0.0623 e. The van der Waals surface area contributed by atoms with E-state index in [0.717, 1.165) is 0 Å². The molecule has 0 saturated heterocycles. The van der Waals surface area contributed by atoms with Crippen molar-refractivity contribution >= 4 is 50.8 Å². The van der Waals surface area contributed by atoms with Gasteiger partial charge in [-0.2, -0.15) is 0 Å². The molecular weight excluding hydrogens is 557 g/mol. The van der Waals surface area contributed by atoms with Crippen LogP contribution in [0.2, 0.25) is 13.1 Å². The van der Waals surface area contributed by atoms with Gasteiger partial charge in [0.25, 0.3) is 0 Å². The van der Waals surface area contributed by atoms with Crippen molar-refractivity contribution in [3.8, 4) is 44.5 Å². The van der Waals surface area contributed by atoms with Crippen molar-refractivity contribution in [2.45, 2.75) is 13.1 Å². The standard InChI is InChI=1S/C44H32Si/c1-45(2)41-23-12-11-21-35(41)37-27-39-40(28-42(37)45)44(31-17-7-4-8-18-31)38-26-32(34-22-13-19-29-14-9-10-20-33(29)34)24-25-36(38)43(39)30-15-5-3-6-16-30/h3-28H,1-2H3. The summed E-state index contributed by atoms with van der Waals surface area (Å²) in [5.41, 5.74) is 10.5. The predicted molar refractivity (Wildman–Crippen MR) is 197 cm³/mol. The first-order chi connectivity index (χ1) is 22.1. The van der Waals surface area contributed by atoms with E-state index in [2.05, 4.69) is 171 Å². The monoisotopic (exact) mass is 588 g/mol. The van der Waals surface area contributed by atoms with Crippen LogP contribution in [0.25, 0.3) is 76.8 Å². The van der Waals surface area contributed by atoms with Gasteiger partial charge in [-0.05, 0) is 99.3 Å². The fourth-order valence-corrected chi connectivity index (χ4v) is 11.0. The van der Waals surface area contributed by atoms with Gasteiger partial charge in [0.1, 0.15) is 8.07 Å². The highest BCUT2D eigenvalue weighted by Crippen LogP contribution is 2.46. The molecule has 8 aromatic rings. The summed E-state index contributed by atoms with van der Waals surface area (Å²) in [5, 5.41) is 10.9. The first kappa shape index (κ1) is 26.2. The van der Waals surface area contributed by atoms with Crippen LogP contribution in [0.1, 0.15) is 0 Å². The molecule has 1 heterocycles. The van der Waals surface area contributed by atoms with Crippen molar-refractivity contribution in [2.75, 3.05) is 0 Å². The van der Waals surface area contributed by atoms with Gasteiger partial charge in [-0.1, -0.05) is 159 Å². The second kappa shape index (κ2) is 9.89. The van der Waals surface area contributed by atoms with Crippen molar-refractivity contribution < 1.29 is 0 Å². The summed E-state index contributed by atoms with van der Waals surface area (Å²) in [6.45, 7) is 5.03. The highest BCUT2D eigenvalue weighted by molar-refractivity contribution is 7.04. The minimum absolute atomic E-state index is 1.25. The number of rotatable bonds is 3. The van der Waals surface area contributed by atoms with E-state index < -0.39 is 8.07 Å². The Bertz CT molecular complexity index is 2430. The summed E-state index contributed by atoms with van der Waals surface area (Å²) < 4.78 is 0. The molecule has 9 rings (SSSR count). The first-order valence-electron chi connectivity index (χ1n) is 15.9. The van der Waals surface area contributed by atoms with E-state index >= 15 is 0 Å². The number of hydrogen-bond donors (Lipinski definition) is 0. The third-order valence-corrected chi connectivity index (χ3v) is 13.6. The Morgan fingerprint density at radius 3 is 1.69 bits per heavy atom. The summed E-state index contributed by atoms with van der Waals surface area (Å²) in [5.74, 6) is 0. The van der Waals surface area contributed by atoms with Gasteiger partial charge in [-0.15, -0.1) is 0 Å². The molecule has 0 N–H and O–H groups in total. The predicted octanol–water partition coefficient (Wildman–Crippen LogP) is 11.0. The van der Waals surface area contributed by atoms with Crippen molar-refractivity contribution in [3.05, 3.63) is 158 Å². The fraction of sp³-hybridized carbons (Fsp3) is 0.0455. The van der Waals surface area contributed by atoms with Crippen LogP contribution >= 0.6 is 0 Å². The van der Waals surface area contributed by atoms with E-state index in [1.54, 1.807) is 5.19 Å². The molecule has 0 unspecified atom stereocenters. The summed E-state index contributed by atoms with van der Waals surface area (Å²) in [4.78, 5) is 0. The Labute approximate surface area is 265 Å². The Kier molecular flexibility index (Phi) is 5.75. The minimum atomic E-state index is -1.88. The molecule has 1 aliphatic heterocycles. The molecule has 0 nitrogen and oxygen atoms in total. The molecule has 0 amide bonds. The number of benzene rings is 8. The second-order valence-corrected chi connectivity index (χ2v) is 17.2. The molecule has 212 valence electrons. The Morgan fingerprint density at radius 2 is 0.911 bits per heavy atom. The highest BCUT2D eigenvalue weighted by Gasteiger charge is 2.38. The zero-order valence-corrected chi connectivity index (χ0v) is 26.5. The van der Waals surface area contributed by atoms with Gasteiger partial charge in [0.15, 0.2) is 0 Å². The Balaban J connectivity index is 1.47. The van der Waals surface area contributed by atoms with Crippen molar-refractivity contribution in [1.82, 2.24) is 0 Å². The van der Waals surface area contributed by atoms with Crippen LogP contribution in [0.4, 0.5) is 0 Å². The molecule has 0 fully saturated rings. The van der Waals surface area contributed by atoms with Gasteiger partial charge >= 0.3 is 0 Å². The van der Waals surface area contributed by atoms with Gasteiger partial charge in [0.2, 0.25) is 0 Å². The molecule has 45 heavy (non-hydrogen) atoms. The van der Waals surface area contributed by atoms with Gasteiger partial charge < -0.3 is 0 Å². The molecule has 0 radical (unpaired) electrons. The molecule has 1 heteroatoms. The lowest BCUT2D eigenvalue weighted by atomic mass is 9.83. The van der Waals surface area contributed by atoms with E-state index in [1.165, 1.54) is 82.0 Å². The van der Waals surface area contributed by atoms with Gasteiger partial charge in [-0.25, -0.2) is 0 Å². The maximum Gasteiger partial charge on any atom is 0.113 e. The Morgan fingerprint density at radius 1 is 0.333 bits per heavy atom. The van der Waals surface area contributed by atoms with Crippen LogP contribution in [0.3, 0.4) is 0 Å². The van der Waals surface area contributed by atoms with Crippen LogP contribution in [-0.2, 0) is 0 Å². The van der Waals surface area contributed by atoms with Crippen LogP contribution in [-0.4, -0.2) is 8.07 Å². The number of fused-ring (bicyclic) bond motifs is 6. The maximum atomic E-state index is 2.58. The van der Waals surface area contributed by atoms with Crippen LogP contribution in [0, 0.1) is 0 Å². The quantitative estimate of drug-likeness (QED) is 0.142. The second-order valence-electron chi connectivity index (χ2n) is 12.9. The van der Waals surface area contributed by atoms with Gasteiger partial charge in [0, 0.05) is 0 Å². The summed E-state index contributed by atoms with van der Waals surface area (Å²) >= 11 is 0. The van der Waals surface area contributed by atoms with E-state index in [4.69, 9.17) is 0 Å². The average Bonchev–Trinajstić information content (AvgIpc) is 3.32. The van der Waals surface area contributed by atoms with Gasteiger partial charge in [0.05, 0.1) is 0 Å². The van der Waals surface area contributed by atoms with Crippen LogP contribution in [0.5, 0.6) is 0 Å². The lowest BCUT2D eigenvalue weighted by Crippen LogP contribution is -2.49. The van der Waals surface area contributed by atoms with Crippen molar-refractivity contribution in [3.63, 3.8) is 0 Å². The molecule has 0 aliphatic carbocycles. The zero-order chi connectivity index (χ0) is 30.1. The third-order valence-electron chi connectivity index (χ3n) is 10.0. The largest absolute Gasteiger partial charge is 0.113 e. The molecule has 8 aromatic carbocycles. The van der Waals surface area contributed by atoms with E-state index in [-0.39, 0.29) is 0 Å². The maximum absolute atomic E-state index is 2.58. The third kappa shape index (κ3) is 3.91. The van der Waals surface area contributed by atoms with Crippen molar-refractivity contribution in [2.24, 2.45) is 0 Å². The normalized spacial score (nSPS) is 13.3. The highest BCUT2D eigenvalue weighted by atomic mass is 28.3. The SMILES string of the molecule is C[Si]1(C)c2ccccc2-c2cc3c(-c4ccccc4)c4ccc(-c5cccc6ccccc56)cc4c(-c4ccccc4)c3cc21. The summed E-state index contributed by atoms with van der Waals surface area (Å²) in [6, 6.07) is 58.8. The summed E-state index contributed by atoms with van der Waals surface area (Å²) in [6.07, 6.45) is 0. The molecule has 0 aromatic heterocycles. The summed E-state index contributed by atoms with van der Waals surface area (Å²) in [7, 11) is -1.88. The van der Waals surface area contributed by atoms with Crippen LogP contribution in [0.15, 0.2) is 158 Å². The lowest BCUT2D eigenvalue weighted by molar-refractivity contribution is 1.64. The first-order valence-corrected chi connectivity index (χ1v) is 18.9. The van der Waals surface area contributed by atoms with Gasteiger partial charge in [-0.3, -0.25) is 0 Å². The van der Waals surface area contributed by atoms with E-state index in [0.29, 0.717) is 0 Å².